The number of rotatable bonds is 2. The van der Waals surface area contributed by atoms with Gasteiger partial charge in [0, 0.05) is 5.56 Å². The van der Waals surface area contributed by atoms with Crippen LogP contribution in [0.1, 0.15) is 0 Å². The molecule has 7 heteroatoms. The van der Waals surface area contributed by atoms with Crippen molar-refractivity contribution in [2.24, 2.45) is 7.05 Å². The van der Waals surface area contributed by atoms with Crippen molar-refractivity contribution in [1.82, 2.24) is 20.2 Å². The van der Waals surface area contributed by atoms with Crippen molar-refractivity contribution in [3.8, 4) is 11.4 Å². The largest absolute Gasteiger partial charge is 0.291 e. The molecule has 6 nitrogen and oxygen atoms in total. The molecule has 2 N–H and O–H groups in total. The van der Waals surface area contributed by atoms with E-state index >= 15 is 0 Å². The molecule has 0 aliphatic heterocycles. The molecule has 1 aromatic heterocycles. The highest BCUT2D eigenvalue weighted by Gasteiger charge is 2.09. The maximum Gasteiger partial charge on any atom is 0.206 e. The van der Waals surface area contributed by atoms with Crippen LogP contribution in [0.4, 0.5) is 5.69 Å². The number of tetrazole rings is 1. The third-order valence-electron chi connectivity index (χ3n) is 1.84. The average molecular weight is 226 g/mol. The maximum absolute atomic E-state index is 8.75. The fraction of sp³-hybridized carbons (Fsp3) is 0.125. The topological polar surface area (TPSA) is 75.9 Å². The minimum Gasteiger partial charge on any atom is -0.291 e. The Kier molecular flexibility index (Phi) is 2.53. The lowest BCUT2D eigenvalue weighted by Gasteiger charge is -2.02. The van der Waals surface area contributed by atoms with Gasteiger partial charge in [0.05, 0.1) is 17.8 Å². The van der Waals surface area contributed by atoms with Crippen LogP contribution in [0, 0.1) is 0 Å². The number of benzene rings is 1. The van der Waals surface area contributed by atoms with E-state index in [-0.39, 0.29) is 0 Å². The van der Waals surface area contributed by atoms with Gasteiger partial charge >= 0.3 is 0 Å². The molecule has 2 rings (SSSR count). The Morgan fingerprint density at radius 1 is 1.47 bits per heavy atom. The number of aromatic nitrogens is 4. The molecule has 0 spiro atoms. The first-order valence-electron chi connectivity index (χ1n) is 4.15. The average Bonchev–Trinajstić information content (AvgIpc) is 2.65. The lowest BCUT2D eigenvalue weighted by molar-refractivity contribution is 0.389. The van der Waals surface area contributed by atoms with E-state index in [0.717, 1.165) is 0 Å². The van der Waals surface area contributed by atoms with Crippen LogP contribution in [0.25, 0.3) is 11.4 Å². The summed E-state index contributed by atoms with van der Waals surface area (Å²) in [6.45, 7) is 0. The molecule has 0 amide bonds. The monoisotopic (exact) mass is 225 g/mol. The van der Waals surface area contributed by atoms with E-state index < -0.39 is 0 Å². The molecule has 15 heavy (non-hydrogen) atoms. The zero-order valence-electron chi connectivity index (χ0n) is 7.85. The van der Waals surface area contributed by atoms with Gasteiger partial charge in [-0.1, -0.05) is 11.6 Å². The van der Waals surface area contributed by atoms with E-state index in [4.69, 9.17) is 16.8 Å². The first kappa shape index (κ1) is 9.88. The number of anilines is 1. The minimum atomic E-state index is 0.416. The summed E-state index contributed by atoms with van der Waals surface area (Å²) in [5.74, 6) is 0.416. The van der Waals surface area contributed by atoms with Crippen LogP contribution >= 0.6 is 11.6 Å². The summed E-state index contributed by atoms with van der Waals surface area (Å²) in [6, 6.07) is 4.92. The van der Waals surface area contributed by atoms with E-state index in [1.165, 1.54) is 4.80 Å². The van der Waals surface area contributed by atoms with E-state index in [2.05, 4.69) is 15.4 Å². The Morgan fingerprint density at radius 2 is 2.27 bits per heavy atom. The predicted octanol–water partition coefficient (Wildman–Crippen LogP) is 1.33. The highest BCUT2D eigenvalue weighted by Crippen LogP contribution is 2.27. The van der Waals surface area contributed by atoms with E-state index in [0.29, 0.717) is 22.1 Å². The molecule has 1 heterocycles. The van der Waals surface area contributed by atoms with Crippen LogP contribution in [0.3, 0.4) is 0 Å². The second-order valence-electron chi connectivity index (χ2n) is 2.91. The molecule has 0 bridgehead atoms. The van der Waals surface area contributed by atoms with Gasteiger partial charge in [-0.25, -0.2) is 0 Å². The third kappa shape index (κ3) is 1.90. The molecular weight excluding hydrogens is 218 g/mol. The molecule has 0 aliphatic rings. The van der Waals surface area contributed by atoms with Gasteiger partial charge in [-0.2, -0.15) is 4.80 Å². The summed E-state index contributed by atoms with van der Waals surface area (Å²) in [4.78, 5) is 1.34. The molecule has 0 saturated carbocycles. The van der Waals surface area contributed by atoms with Crippen LogP contribution in [0.5, 0.6) is 0 Å². The fourth-order valence-corrected chi connectivity index (χ4v) is 1.36. The molecule has 0 fully saturated rings. The quantitative estimate of drug-likeness (QED) is 0.755. The van der Waals surface area contributed by atoms with Gasteiger partial charge in [0.1, 0.15) is 0 Å². The molecule has 2 aromatic rings. The molecule has 1 aromatic carbocycles. The Balaban J connectivity index is 2.51. The van der Waals surface area contributed by atoms with Gasteiger partial charge in [-0.05, 0) is 23.4 Å². The minimum absolute atomic E-state index is 0.416. The SMILES string of the molecule is Cn1nnc(-c2cc(NO)ccc2Cl)n1. The first-order chi connectivity index (χ1) is 7.20. The zero-order chi connectivity index (χ0) is 10.8. The van der Waals surface area contributed by atoms with E-state index in [1.807, 2.05) is 5.48 Å². The second-order valence-corrected chi connectivity index (χ2v) is 3.32. The normalized spacial score (nSPS) is 10.3. The van der Waals surface area contributed by atoms with Crippen LogP contribution < -0.4 is 5.48 Å². The summed E-state index contributed by atoms with van der Waals surface area (Å²) in [7, 11) is 1.67. The van der Waals surface area contributed by atoms with E-state index in [1.54, 1.807) is 25.2 Å². The molecule has 0 saturated heterocycles. The number of hydrogen-bond donors (Lipinski definition) is 2. The maximum atomic E-state index is 8.75. The van der Waals surface area contributed by atoms with Gasteiger partial charge in [0.2, 0.25) is 5.82 Å². The molecular formula is C8H8ClN5O. The fourth-order valence-electron chi connectivity index (χ4n) is 1.16. The summed E-state index contributed by atoms with van der Waals surface area (Å²) in [6.07, 6.45) is 0. The van der Waals surface area contributed by atoms with Crippen LogP contribution in [-0.2, 0) is 7.05 Å². The lowest BCUT2D eigenvalue weighted by Crippen LogP contribution is -1.93. The second kappa shape index (κ2) is 3.84. The van der Waals surface area contributed by atoms with Crippen molar-refractivity contribution in [3.63, 3.8) is 0 Å². The van der Waals surface area contributed by atoms with Gasteiger partial charge in [-0.15, -0.1) is 10.2 Å². The number of nitrogens with one attached hydrogen (secondary N) is 1. The zero-order valence-corrected chi connectivity index (χ0v) is 8.60. The van der Waals surface area contributed by atoms with Gasteiger partial charge < -0.3 is 0 Å². The Morgan fingerprint density at radius 3 is 2.87 bits per heavy atom. The smallest absolute Gasteiger partial charge is 0.206 e. The number of nitrogens with zero attached hydrogens (tertiary/aromatic N) is 4. The molecule has 0 atom stereocenters. The first-order valence-corrected chi connectivity index (χ1v) is 4.52. The van der Waals surface area contributed by atoms with Crippen molar-refractivity contribution in [2.75, 3.05) is 5.48 Å². The Labute approximate surface area is 90.4 Å². The number of halogens is 1. The van der Waals surface area contributed by atoms with Gasteiger partial charge in [0.25, 0.3) is 0 Å². The summed E-state index contributed by atoms with van der Waals surface area (Å²) < 4.78 is 0. The summed E-state index contributed by atoms with van der Waals surface area (Å²) >= 11 is 5.97. The molecule has 0 unspecified atom stereocenters. The molecule has 78 valence electrons. The lowest BCUT2D eigenvalue weighted by atomic mass is 10.2. The summed E-state index contributed by atoms with van der Waals surface area (Å²) in [5, 5.41) is 20.8. The van der Waals surface area contributed by atoms with Gasteiger partial charge in [-0.3, -0.25) is 10.7 Å². The molecule has 0 radical (unpaired) electrons. The highest BCUT2D eigenvalue weighted by molar-refractivity contribution is 6.33. The Bertz CT molecular complexity index is 484. The third-order valence-corrected chi connectivity index (χ3v) is 2.17. The Hall–Kier alpha value is -1.66. The van der Waals surface area contributed by atoms with Gasteiger partial charge in [0.15, 0.2) is 0 Å². The number of aryl methyl sites for hydroxylation is 1. The van der Waals surface area contributed by atoms with Crippen LogP contribution in [-0.4, -0.2) is 25.4 Å². The van der Waals surface area contributed by atoms with Crippen LogP contribution in [0.15, 0.2) is 18.2 Å². The standard InChI is InChI=1S/C8H8ClN5O/c1-14-11-8(10-13-14)6-4-5(12-15)2-3-7(6)9/h2-4,12,15H,1H3. The van der Waals surface area contributed by atoms with Crippen molar-refractivity contribution in [3.05, 3.63) is 23.2 Å². The highest BCUT2D eigenvalue weighted by atomic mass is 35.5. The molecule has 0 aliphatic carbocycles. The van der Waals surface area contributed by atoms with E-state index in [9.17, 15) is 0 Å². The van der Waals surface area contributed by atoms with Crippen molar-refractivity contribution < 1.29 is 5.21 Å². The van der Waals surface area contributed by atoms with Crippen LogP contribution in [0.2, 0.25) is 5.02 Å². The van der Waals surface area contributed by atoms with Crippen molar-refractivity contribution >= 4 is 17.3 Å². The summed E-state index contributed by atoms with van der Waals surface area (Å²) in [5.41, 5.74) is 3.16. The predicted molar refractivity (Wildman–Crippen MR) is 54.7 cm³/mol. The van der Waals surface area contributed by atoms with Crippen molar-refractivity contribution in [2.45, 2.75) is 0 Å². The number of hydrogen-bond acceptors (Lipinski definition) is 5. The van der Waals surface area contributed by atoms with Crippen molar-refractivity contribution in [1.29, 1.82) is 0 Å².